The Labute approximate surface area is 181 Å². The van der Waals surface area contributed by atoms with E-state index in [-0.39, 0.29) is 36.6 Å². The fraction of sp³-hybridized carbons (Fsp3) is 0.435. The number of H-pyrrole nitrogens is 1. The van der Waals surface area contributed by atoms with Crippen molar-refractivity contribution in [3.8, 4) is 11.5 Å². The Morgan fingerprint density at radius 1 is 1.06 bits per heavy atom. The summed E-state index contributed by atoms with van der Waals surface area (Å²) in [6.07, 6.45) is 1.69. The molecule has 0 spiro atoms. The Morgan fingerprint density at radius 2 is 1.68 bits per heavy atom. The average molecular weight is 428 g/mol. The second kappa shape index (κ2) is 9.24. The number of methoxy groups -OCH3 is 2. The number of aromatic nitrogens is 1. The Bertz CT molecular complexity index is 983. The van der Waals surface area contributed by atoms with Gasteiger partial charge in [-0.3, -0.25) is 9.59 Å². The first-order valence-corrected chi connectivity index (χ1v) is 10.2. The molecular weight excluding hydrogens is 400 g/mol. The number of benzene rings is 1. The highest BCUT2D eigenvalue weighted by Crippen LogP contribution is 2.31. The van der Waals surface area contributed by atoms with Crippen LogP contribution in [0.5, 0.6) is 11.5 Å². The van der Waals surface area contributed by atoms with E-state index in [1.807, 2.05) is 0 Å². The first-order valence-electron chi connectivity index (χ1n) is 10.2. The molecule has 1 aliphatic carbocycles. The van der Waals surface area contributed by atoms with Crippen LogP contribution >= 0.6 is 0 Å². The Balaban J connectivity index is 1.87. The first kappa shape index (κ1) is 22.4. The predicted octanol–water partition coefficient (Wildman–Crippen LogP) is 3.31. The van der Waals surface area contributed by atoms with E-state index >= 15 is 0 Å². The van der Waals surface area contributed by atoms with Crippen molar-refractivity contribution in [2.24, 2.45) is 0 Å². The van der Waals surface area contributed by atoms with Crippen LogP contribution in [0.1, 0.15) is 62.2 Å². The molecule has 8 heteroatoms. The Morgan fingerprint density at radius 3 is 2.19 bits per heavy atom. The van der Waals surface area contributed by atoms with Gasteiger partial charge in [0.25, 0.3) is 5.91 Å². The number of ether oxygens (including phenoxy) is 3. The third-order valence-corrected chi connectivity index (χ3v) is 5.36. The summed E-state index contributed by atoms with van der Waals surface area (Å²) in [6, 6.07) is 4.97. The zero-order chi connectivity index (χ0) is 22.7. The maximum absolute atomic E-state index is 13.3. The second-order valence-electron chi connectivity index (χ2n) is 7.53. The highest BCUT2D eigenvalue weighted by Gasteiger charge is 2.36. The van der Waals surface area contributed by atoms with Gasteiger partial charge in [-0.2, -0.15) is 0 Å². The molecule has 1 aliphatic rings. The SMILES string of the molecule is CCOC(=O)c1[nH]c(C)c(C(=O)CN(C(=O)c2cc(OC)cc(OC)c2)C2CC2)c1C. The first-order chi connectivity index (χ1) is 14.8. The number of nitrogens with one attached hydrogen (secondary N) is 1. The van der Waals surface area contributed by atoms with Crippen molar-refractivity contribution in [1.29, 1.82) is 0 Å². The van der Waals surface area contributed by atoms with Gasteiger partial charge in [-0.25, -0.2) is 4.79 Å². The van der Waals surface area contributed by atoms with Crippen LogP contribution in [0.15, 0.2) is 18.2 Å². The molecular formula is C23H28N2O6. The molecule has 1 amide bonds. The molecule has 0 radical (unpaired) electrons. The van der Waals surface area contributed by atoms with E-state index in [4.69, 9.17) is 14.2 Å². The molecule has 1 saturated carbocycles. The van der Waals surface area contributed by atoms with Crippen molar-refractivity contribution in [1.82, 2.24) is 9.88 Å². The smallest absolute Gasteiger partial charge is 0.355 e. The Kier molecular flexibility index (Phi) is 6.68. The lowest BCUT2D eigenvalue weighted by Gasteiger charge is -2.22. The van der Waals surface area contributed by atoms with Gasteiger partial charge < -0.3 is 24.1 Å². The van der Waals surface area contributed by atoms with Crippen LogP contribution in [-0.2, 0) is 4.74 Å². The minimum Gasteiger partial charge on any atom is -0.497 e. The summed E-state index contributed by atoms with van der Waals surface area (Å²) in [5.74, 6) is 0.0181. The van der Waals surface area contributed by atoms with Crippen molar-refractivity contribution in [3.05, 3.63) is 46.3 Å². The van der Waals surface area contributed by atoms with Gasteiger partial charge in [-0.05, 0) is 51.3 Å². The molecule has 0 bridgehead atoms. The van der Waals surface area contributed by atoms with E-state index in [0.717, 1.165) is 12.8 Å². The molecule has 0 atom stereocenters. The molecule has 31 heavy (non-hydrogen) atoms. The van der Waals surface area contributed by atoms with Gasteiger partial charge in [-0.15, -0.1) is 0 Å². The Hall–Kier alpha value is -3.29. The zero-order valence-electron chi connectivity index (χ0n) is 18.5. The lowest BCUT2D eigenvalue weighted by Crippen LogP contribution is -2.37. The number of aryl methyl sites for hydroxylation is 1. The number of nitrogens with zero attached hydrogens (tertiary/aromatic N) is 1. The summed E-state index contributed by atoms with van der Waals surface area (Å²) < 4.78 is 15.6. The molecule has 8 nitrogen and oxygen atoms in total. The number of carbonyl (C=O) groups is 3. The van der Waals surface area contributed by atoms with E-state index in [0.29, 0.717) is 33.9 Å². The highest BCUT2D eigenvalue weighted by molar-refractivity contribution is 6.06. The van der Waals surface area contributed by atoms with Crippen LogP contribution in [0, 0.1) is 13.8 Å². The topological polar surface area (TPSA) is 97.9 Å². The highest BCUT2D eigenvalue weighted by atomic mass is 16.5. The van der Waals surface area contributed by atoms with Crippen molar-refractivity contribution in [2.75, 3.05) is 27.4 Å². The number of carbonyl (C=O) groups excluding carboxylic acids is 3. The van der Waals surface area contributed by atoms with Gasteiger partial charge >= 0.3 is 5.97 Å². The van der Waals surface area contributed by atoms with Crippen LogP contribution in [0.25, 0.3) is 0 Å². The molecule has 1 heterocycles. The van der Waals surface area contributed by atoms with Crippen LogP contribution in [0.4, 0.5) is 0 Å². The van der Waals surface area contributed by atoms with Crippen LogP contribution in [0.3, 0.4) is 0 Å². The van der Waals surface area contributed by atoms with Gasteiger partial charge in [0, 0.05) is 28.9 Å². The van der Waals surface area contributed by atoms with Crippen molar-refractivity contribution in [2.45, 2.75) is 39.7 Å². The summed E-state index contributed by atoms with van der Waals surface area (Å²) in [7, 11) is 3.04. The lowest BCUT2D eigenvalue weighted by atomic mass is 10.0. The van der Waals surface area contributed by atoms with Gasteiger partial charge in [0.2, 0.25) is 0 Å². The normalized spacial score (nSPS) is 12.9. The molecule has 0 aliphatic heterocycles. The minimum atomic E-state index is -0.499. The third kappa shape index (κ3) is 4.73. The zero-order valence-corrected chi connectivity index (χ0v) is 18.5. The lowest BCUT2D eigenvalue weighted by molar-refractivity contribution is 0.0519. The summed E-state index contributed by atoms with van der Waals surface area (Å²) in [5, 5.41) is 0. The maximum Gasteiger partial charge on any atom is 0.355 e. The third-order valence-electron chi connectivity index (χ3n) is 5.36. The van der Waals surface area contributed by atoms with Gasteiger partial charge in [0.05, 0.1) is 27.4 Å². The fourth-order valence-electron chi connectivity index (χ4n) is 3.66. The van der Waals surface area contributed by atoms with E-state index in [9.17, 15) is 14.4 Å². The monoisotopic (exact) mass is 428 g/mol. The number of esters is 1. The summed E-state index contributed by atoms with van der Waals surface area (Å²) in [5.41, 5.74) is 2.20. The van der Waals surface area contributed by atoms with Gasteiger partial charge in [-0.1, -0.05) is 0 Å². The van der Waals surface area contributed by atoms with Crippen LogP contribution in [-0.4, -0.2) is 61.0 Å². The molecule has 1 fully saturated rings. The number of Topliss-reactive ketones (excluding diaryl/α,β-unsaturated/α-hetero) is 1. The molecule has 1 aromatic carbocycles. The quantitative estimate of drug-likeness (QED) is 0.486. The largest absolute Gasteiger partial charge is 0.497 e. The number of rotatable bonds is 9. The predicted molar refractivity (Wildman–Crippen MR) is 114 cm³/mol. The van der Waals surface area contributed by atoms with E-state index in [1.54, 1.807) is 43.9 Å². The number of ketones is 1. The van der Waals surface area contributed by atoms with E-state index in [1.165, 1.54) is 14.2 Å². The number of hydrogen-bond donors (Lipinski definition) is 1. The average Bonchev–Trinajstić information content (AvgIpc) is 3.55. The van der Waals surface area contributed by atoms with Crippen molar-refractivity contribution >= 4 is 17.7 Å². The standard InChI is InChI=1S/C23H28N2O6/c1-6-31-23(28)21-13(2)20(14(3)24-21)19(26)12-25(16-7-8-16)22(27)15-9-17(29-4)11-18(10-15)30-5/h9-11,16,24H,6-8,12H2,1-5H3. The summed E-state index contributed by atoms with van der Waals surface area (Å²) in [6.45, 7) is 5.33. The van der Waals surface area contributed by atoms with Crippen molar-refractivity contribution < 1.29 is 28.6 Å². The van der Waals surface area contributed by atoms with Crippen LogP contribution < -0.4 is 9.47 Å². The number of amides is 1. The van der Waals surface area contributed by atoms with E-state index in [2.05, 4.69) is 4.98 Å². The molecule has 3 rings (SSSR count). The molecule has 1 N–H and O–H groups in total. The maximum atomic E-state index is 13.3. The summed E-state index contributed by atoms with van der Waals surface area (Å²) >= 11 is 0. The molecule has 0 saturated heterocycles. The van der Waals surface area contributed by atoms with Gasteiger partial charge in [0.1, 0.15) is 17.2 Å². The second-order valence-corrected chi connectivity index (χ2v) is 7.53. The molecule has 166 valence electrons. The molecule has 1 aromatic heterocycles. The van der Waals surface area contributed by atoms with Gasteiger partial charge in [0.15, 0.2) is 5.78 Å². The van der Waals surface area contributed by atoms with Crippen molar-refractivity contribution in [3.63, 3.8) is 0 Å². The van der Waals surface area contributed by atoms with E-state index < -0.39 is 5.97 Å². The molecule has 0 unspecified atom stereocenters. The molecule has 2 aromatic rings. The summed E-state index contributed by atoms with van der Waals surface area (Å²) in [4.78, 5) is 43.2. The fourth-order valence-corrected chi connectivity index (χ4v) is 3.66. The van der Waals surface area contributed by atoms with Crippen LogP contribution in [0.2, 0.25) is 0 Å². The number of hydrogen-bond acceptors (Lipinski definition) is 6. The minimum absolute atomic E-state index is 0.0118. The number of aromatic amines is 1.